The molecule has 2 aromatic carbocycles. The smallest absolute Gasteiger partial charge is 0.407 e. The summed E-state index contributed by atoms with van der Waals surface area (Å²) in [7, 11) is 0. The lowest BCUT2D eigenvalue weighted by Gasteiger charge is -2.47. The minimum absolute atomic E-state index is 0.00505. The van der Waals surface area contributed by atoms with Crippen molar-refractivity contribution in [1.82, 2.24) is 15.5 Å². The van der Waals surface area contributed by atoms with E-state index >= 15 is 0 Å². The van der Waals surface area contributed by atoms with Crippen molar-refractivity contribution in [1.29, 1.82) is 0 Å². The number of nitrogens with zero attached hydrogens (tertiary/aromatic N) is 2. The molecule has 1 aliphatic heterocycles. The Morgan fingerprint density at radius 2 is 1.74 bits per heavy atom. The lowest BCUT2D eigenvalue weighted by molar-refractivity contribution is 0.0559. The van der Waals surface area contributed by atoms with E-state index in [1.165, 1.54) is 0 Å². The van der Waals surface area contributed by atoms with Gasteiger partial charge in [0.2, 0.25) is 0 Å². The summed E-state index contributed by atoms with van der Waals surface area (Å²) in [6.45, 7) is 17.8. The predicted octanol–water partition coefficient (Wildman–Crippen LogP) is 5.68. The second-order valence-electron chi connectivity index (χ2n) is 14.5. The maximum Gasteiger partial charge on any atom is 0.407 e. The van der Waals surface area contributed by atoms with Crippen LogP contribution in [0, 0.1) is 23.2 Å². The number of terminal acetylenes is 1. The van der Waals surface area contributed by atoms with Gasteiger partial charge in [-0.3, -0.25) is 0 Å². The SMILES string of the molecule is C#CC(O)(c1ccccc1)c1ccc(N2CCN(C(=O)NCC3(C)CC(NC(=O)OCCOCC(=C)C)CC(C)(C)C3)C(C)C2)cc1. The third-order valence-corrected chi connectivity index (χ3v) is 9.18. The van der Waals surface area contributed by atoms with Crippen molar-refractivity contribution < 1.29 is 24.2 Å². The van der Waals surface area contributed by atoms with Crippen LogP contribution in [0.3, 0.4) is 0 Å². The lowest BCUT2D eigenvalue weighted by atomic mass is 9.62. The van der Waals surface area contributed by atoms with E-state index in [1.807, 2.05) is 66.4 Å². The van der Waals surface area contributed by atoms with Crippen molar-refractivity contribution in [2.24, 2.45) is 10.8 Å². The average Bonchev–Trinajstić information content (AvgIpc) is 3.02. The van der Waals surface area contributed by atoms with Gasteiger partial charge >= 0.3 is 12.1 Å². The number of amides is 3. The minimum atomic E-state index is -1.51. The molecule has 1 saturated carbocycles. The first kappa shape index (κ1) is 35.8. The lowest BCUT2D eigenvalue weighted by Crippen LogP contribution is -2.58. The molecule has 3 N–H and O–H groups in total. The second-order valence-corrected chi connectivity index (χ2v) is 14.5. The molecule has 1 saturated heterocycles. The molecular formula is C38H52N4O5. The van der Waals surface area contributed by atoms with Gasteiger partial charge in [-0.15, -0.1) is 6.42 Å². The molecule has 2 aliphatic rings. The fraction of sp³-hybridized carbons (Fsp3) is 0.526. The maximum atomic E-state index is 13.4. The van der Waals surface area contributed by atoms with Crippen LogP contribution in [0.4, 0.5) is 15.3 Å². The molecule has 0 bridgehead atoms. The second kappa shape index (κ2) is 15.3. The van der Waals surface area contributed by atoms with Gasteiger partial charge in [-0.25, -0.2) is 9.59 Å². The zero-order chi connectivity index (χ0) is 34.2. The molecule has 4 rings (SSSR count). The molecule has 0 aromatic heterocycles. The summed E-state index contributed by atoms with van der Waals surface area (Å²) in [5, 5.41) is 17.5. The van der Waals surface area contributed by atoms with Crippen molar-refractivity contribution in [2.45, 2.75) is 71.6 Å². The number of aliphatic hydroxyl groups is 1. The summed E-state index contributed by atoms with van der Waals surface area (Å²) >= 11 is 0. The number of piperazine rings is 1. The Morgan fingerprint density at radius 3 is 2.38 bits per heavy atom. The van der Waals surface area contributed by atoms with Gasteiger partial charge in [-0.05, 0) is 56.1 Å². The number of carbonyl (C=O) groups is 2. The molecule has 4 unspecified atom stereocenters. The summed E-state index contributed by atoms with van der Waals surface area (Å²) in [5.41, 5.74) is 1.52. The minimum Gasteiger partial charge on any atom is -0.447 e. The number of alkyl carbamates (subject to hydrolysis) is 1. The van der Waals surface area contributed by atoms with Crippen molar-refractivity contribution in [3.63, 3.8) is 0 Å². The van der Waals surface area contributed by atoms with Gasteiger partial charge in [0.25, 0.3) is 0 Å². The van der Waals surface area contributed by atoms with Gasteiger partial charge in [0, 0.05) is 55.1 Å². The molecule has 9 nitrogen and oxygen atoms in total. The first-order valence-electron chi connectivity index (χ1n) is 16.5. The largest absolute Gasteiger partial charge is 0.447 e. The average molecular weight is 645 g/mol. The van der Waals surface area contributed by atoms with Gasteiger partial charge in [0.15, 0.2) is 5.60 Å². The van der Waals surface area contributed by atoms with E-state index in [4.69, 9.17) is 15.9 Å². The highest BCUT2D eigenvalue weighted by molar-refractivity contribution is 5.75. The standard InChI is InChI=1S/C38H52N4O5/c1-8-38(45,30-12-10-9-11-13-30)31-14-16-33(17-15-31)41-18-19-42(29(4)24-41)34(43)39-27-37(7)23-32(22-36(5,6)26-37)40-35(44)47-21-20-46-25-28(2)3/h1,9-17,29,32,45H,2,18-27H2,3-7H3,(H,39,43)(H,40,44). The van der Waals surface area contributed by atoms with Crippen LogP contribution < -0.4 is 15.5 Å². The number of rotatable bonds is 11. The highest BCUT2D eigenvalue weighted by Gasteiger charge is 2.42. The quantitative estimate of drug-likeness (QED) is 0.165. The molecule has 0 radical (unpaired) electrons. The third kappa shape index (κ3) is 9.52. The van der Waals surface area contributed by atoms with Crippen molar-refractivity contribution >= 4 is 17.8 Å². The number of hydrogen-bond donors (Lipinski definition) is 3. The van der Waals surface area contributed by atoms with E-state index in [1.54, 1.807) is 0 Å². The van der Waals surface area contributed by atoms with Crippen LogP contribution in [0.5, 0.6) is 0 Å². The molecular weight excluding hydrogens is 592 g/mol. The van der Waals surface area contributed by atoms with E-state index in [2.05, 4.69) is 55.7 Å². The molecule has 1 aliphatic carbocycles. The zero-order valence-electron chi connectivity index (χ0n) is 28.7. The summed E-state index contributed by atoms with van der Waals surface area (Å²) in [6.07, 6.45) is 7.86. The monoisotopic (exact) mass is 644 g/mol. The highest BCUT2D eigenvalue weighted by atomic mass is 16.6. The van der Waals surface area contributed by atoms with Crippen LogP contribution in [-0.4, -0.2) is 80.2 Å². The van der Waals surface area contributed by atoms with E-state index < -0.39 is 11.7 Å². The van der Waals surface area contributed by atoms with Crippen molar-refractivity contribution in [3.05, 3.63) is 77.9 Å². The first-order valence-corrected chi connectivity index (χ1v) is 16.5. The molecule has 1 heterocycles. The Labute approximate surface area is 280 Å². The summed E-state index contributed by atoms with van der Waals surface area (Å²) in [6, 6.07) is 16.8. The normalized spacial score (nSPS) is 23.6. The molecule has 254 valence electrons. The predicted molar refractivity (Wildman–Crippen MR) is 186 cm³/mol. The number of benzene rings is 2. The number of carbonyl (C=O) groups excluding carboxylic acids is 2. The molecule has 9 heteroatoms. The van der Waals surface area contributed by atoms with Crippen LogP contribution in [0.25, 0.3) is 0 Å². The number of urea groups is 1. The molecule has 47 heavy (non-hydrogen) atoms. The Morgan fingerprint density at radius 1 is 1.06 bits per heavy atom. The molecule has 3 amide bonds. The number of anilines is 1. The van der Waals surface area contributed by atoms with Gasteiger partial charge in [0.1, 0.15) is 6.61 Å². The van der Waals surface area contributed by atoms with Crippen LogP contribution in [0.2, 0.25) is 0 Å². The maximum absolute atomic E-state index is 13.4. The topological polar surface area (TPSA) is 103 Å². The Bertz CT molecular complexity index is 1420. The van der Waals surface area contributed by atoms with Crippen LogP contribution in [0.15, 0.2) is 66.7 Å². The summed E-state index contributed by atoms with van der Waals surface area (Å²) in [5.74, 6) is 2.56. The fourth-order valence-electron chi connectivity index (χ4n) is 7.33. The van der Waals surface area contributed by atoms with E-state index in [0.29, 0.717) is 50.5 Å². The Hall–Kier alpha value is -4.00. The third-order valence-electron chi connectivity index (χ3n) is 9.18. The van der Waals surface area contributed by atoms with Crippen LogP contribution >= 0.6 is 0 Å². The van der Waals surface area contributed by atoms with E-state index in [9.17, 15) is 14.7 Å². The molecule has 2 fully saturated rings. The van der Waals surface area contributed by atoms with Crippen LogP contribution in [0.1, 0.15) is 65.0 Å². The molecule has 0 spiro atoms. The molecule has 4 atom stereocenters. The van der Waals surface area contributed by atoms with Gasteiger partial charge in [-0.1, -0.05) is 81.3 Å². The number of nitrogens with one attached hydrogen (secondary N) is 2. The number of ether oxygens (including phenoxy) is 2. The molecule has 2 aromatic rings. The first-order chi connectivity index (χ1) is 22.2. The summed E-state index contributed by atoms with van der Waals surface area (Å²) in [4.78, 5) is 30.1. The van der Waals surface area contributed by atoms with E-state index in [0.717, 1.165) is 30.5 Å². The Kier molecular flexibility index (Phi) is 11.6. The Balaban J connectivity index is 1.28. The highest BCUT2D eigenvalue weighted by Crippen LogP contribution is 2.46. The fourth-order valence-corrected chi connectivity index (χ4v) is 7.33. The number of hydrogen-bond acceptors (Lipinski definition) is 6. The van der Waals surface area contributed by atoms with Crippen molar-refractivity contribution in [3.8, 4) is 12.3 Å². The van der Waals surface area contributed by atoms with Gasteiger partial charge in [-0.2, -0.15) is 0 Å². The zero-order valence-corrected chi connectivity index (χ0v) is 28.7. The van der Waals surface area contributed by atoms with Crippen LogP contribution in [-0.2, 0) is 15.1 Å². The summed E-state index contributed by atoms with van der Waals surface area (Å²) < 4.78 is 10.7. The van der Waals surface area contributed by atoms with Crippen molar-refractivity contribution in [2.75, 3.05) is 50.9 Å². The van der Waals surface area contributed by atoms with Gasteiger partial charge < -0.3 is 35.0 Å². The van der Waals surface area contributed by atoms with E-state index in [-0.39, 0.29) is 35.6 Å². The van der Waals surface area contributed by atoms with Gasteiger partial charge in [0.05, 0.1) is 13.2 Å².